The summed E-state index contributed by atoms with van der Waals surface area (Å²) < 4.78 is 0. The van der Waals surface area contributed by atoms with Gasteiger partial charge in [-0.25, -0.2) is 0 Å². The van der Waals surface area contributed by atoms with Crippen LogP contribution in [-0.4, -0.2) is 31.6 Å². The Bertz CT molecular complexity index is 570. The number of nitrogens with one attached hydrogen (secondary N) is 1. The first-order valence-electron chi connectivity index (χ1n) is 10.1. The second-order valence-electron chi connectivity index (χ2n) is 9.53. The topological polar surface area (TPSA) is 41.5 Å². The van der Waals surface area contributed by atoms with Crippen molar-refractivity contribution in [3.05, 3.63) is 0 Å². The van der Waals surface area contributed by atoms with Crippen LogP contribution in [0, 0.1) is 34.5 Å². The van der Waals surface area contributed by atoms with Crippen LogP contribution < -0.4 is 5.32 Å². The third-order valence-corrected chi connectivity index (χ3v) is 8.91. The van der Waals surface area contributed by atoms with Crippen molar-refractivity contribution in [2.75, 3.05) is 14.1 Å². The predicted octanol–water partition coefficient (Wildman–Crippen LogP) is 3.87. The number of Topliss-reactive ketones (excluding diaryl/α,β-unsaturated/α-hetero) is 1. The van der Waals surface area contributed by atoms with E-state index in [1.54, 1.807) is 0 Å². The van der Waals surface area contributed by atoms with Crippen molar-refractivity contribution in [1.29, 1.82) is 0 Å². The van der Waals surface area contributed by atoms with Gasteiger partial charge in [-0.15, -0.1) is 0 Å². The van der Waals surface area contributed by atoms with E-state index in [1.807, 2.05) is 7.05 Å². The number of rotatable bonds is 1. The minimum atomic E-state index is 0.332. The van der Waals surface area contributed by atoms with Crippen molar-refractivity contribution in [3.63, 3.8) is 0 Å². The highest BCUT2D eigenvalue weighted by Crippen LogP contribution is 2.65. The standard InChI is InChI=1S/C21H34N2O/c1-20-9-7-14(24)11-13(20)12-17(22-3)19-15-5-6-18(23-4)21(15,2)10-8-16(19)20/h13,15-17,19,22H,5-12H2,1-4H3/t13?,15-,16+,17?,19-,20-,21-/m0/s1. The fraction of sp³-hybridized carbons (Fsp3) is 0.905. The monoisotopic (exact) mass is 330 g/mol. The van der Waals surface area contributed by atoms with Crippen LogP contribution in [0.2, 0.25) is 0 Å². The molecule has 0 radical (unpaired) electrons. The lowest BCUT2D eigenvalue weighted by Crippen LogP contribution is -2.60. The van der Waals surface area contributed by atoms with Gasteiger partial charge in [-0.2, -0.15) is 0 Å². The van der Waals surface area contributed by atoms with Crippen LogP contribution in [-0.2, 0) is 4.79 Å². The summed E-state index contributed by atoms with van der Waals surface area (Å²) in [6, 6.07) is 0.583. The molecule has 4 saturated carbocycles. The number of fused-ring (bicyclic) bond motifs is 5. The van der Waals surface area contributed by atoms with Gasteiger partial charge in [-0.3, -0.25) is 9.79 Å². The number of carbonyl (C=O) groups is 1. The van der Waals surface area contributed by atoms with Crippen LogP contribution in [0.5, 0.6) is 0 Å². The molecule has 3 nitrogen and oxygen atoms in total. The summed E-state index contributed by atoms with van der Waals surface area (Å²) in [6.07, 6.45) is 9.15. The van der Waals surface area contributed by atoms with E-state index in [0.717, 1.165) is 37.0 Å². The molecule has 0 heterocycles. The van der Waals surface area contributed by atoms with Crippen LogP contribution in [0.4, 0.5) is 0 Å². The molecule has 134 valence electrons. The third-order valence-electron chi connectivity index (χ3n) is 8.91. The quantitative estimate of drug-likeness (QED) is 0.793. The largest absolute Gasteiger partial charge is 0.317 e. The van der Waals surface area contributed by atoms with Crippen LogP contribution in [0.15, 0.2) is 4.99 Å². The van der Waals surface area contributed by atoms with E-state index < -0.39 is 0 Å². The lowest BCUT2D eigenvalue weighted by atomic mass is 9.44. The van der Waals surface area contributed by atoms with Crippen molar-refractivity contribution >= 4 is 11.5 Å². The predicted molar refractivity (Wildman–Crippen MR) is 98.3 cm³/mol. The zero-order valence-corrected chi connectivity index (χ0v) is 15.9. The first-order valence-corrected chi connectivity index (χ1v) is 10.1. The number of hydrogen-bond donors (Lipinski definition) is 1. The summed E-state index contributed by atoms with van der Waals surface area (Å²) in [7, 11) is 4.14. The molecule has 0 spiro atoms. The molecule has 7 atom stereocenters. The van der Waals surface area contributed by atoms with Crippen molar-refractivity contribution in [1.82, 2.24) is 5.32 Å². The maximum absolute atomic E-state index is 12.1. The van der Waals surface area contributed by atoms with Gasteiger partial charge < -0.3 is 5.32 Å². The SMILES string of the molecule is CN=C1CC[C@H]2[C@@H]3C(NC)CC4CC(=O)CC[C@]4(C)[C@@H]3CC[C@]12C. The molecule has 4 aliphatic rings. The van der Waals surface area contributed by atoms with E-state index in [1.165, 1.54) is 37.8 Å². The Morgan fingerprint density at radius 2 is 1.92 bits per heavy atom. The Morgan fingerprint density at radius 3 is 2.62 bits per heavy atom. The first kappa shape index (κ1) is 16.8. The van der Waals surface area contributed by atoms with Crippen molar-refractivity contribution in [2.45, 2.75) is 71.3 Å². The molecule has 3 heteroatoms. The van der Waals surface area contributed by atoms with E-state index in [0.29, 0.717) is 28.6 Å². The number of carbonyl (C=O) groups excluding carboxylic acids is 1. The average molecular weight is 331 g/mol. The van der Waals surface area contributed by atoms with Crippen LogP contribution in [0.1, 0.15) is 65.2 Å². The summed E-state index contributed by atoms with van der Waals surface area (Å²) in [5.74, 6) is 3.44. The second-order valence-corrected chi connectivity index (χ2v) is 9.53. The summed E-state index contributed by atoms with van der Waals surface area (Å²) in [4.78, 5) is 16.8. The van der Waals surface area contributed by atoms with E-state index in [9.17, 15) is 4.79 Å². The van der Waals surface area contributed by atoms with Gasteiger partial charge in [0.2, 0.25) is 0 Å². The number of hydrogen-bond acceptors (Lipinski definition) is 3. The molecule has 4 fully saturated rings. The number of aliphatic imine (C=N–C) groups is 1. The summed E-state index contributed by atoms with van der Waals surface area (Å²) >= 11 is 0. The Morgan fingerprint density at radius 1 is 1.12 bits per heavy atom. The molecular formula is C21H34N2O. The van der Waals surface area contributed by atoms with Gasteiger partial charge >= 0.3 is 0 Å². The molecular weight excluding hydrogens is 296 g/mol. The maximum Gasteiger partial charge on any atom is 0.133 e. The highest BCUT2D eigenvalue weighted by molar-refractivity contribution is 5.92. The minimum Gasteiger partial charge on any atom is -0.317 e. The Balaban J connectivity index is 1.71. The molecule has 1 N–H and O–H groups in total. The third kappa shape index (κ3) is 2.12. The molecule has 0 saturated heterocycles. The van der Waals surface area contributed by atoms with Crippen LogP contribution >= 0.6 is 0 Å². The van der Waals surface area contributed by atoms with Gasteiger partial charge in [0.05, 0.1) is 0 Å². The molecule has 0 bridgehead atoms. The van der Waals surface area contributed by atoms with Gasteiger partial charge in [0.15, 0.2) is 0 Å². The van der Waals surface area contributed by atoms with E-state index >= 15 is 0 Å². The summed E-state index contributed by atoms with van der Waals surface area (Å²) in [6.45, 7) is 5.02. The molecule has 2 unspecified atom stereocenters. The Kier molecular flexibility index (Phi) is 3.95. The minimum absolute atomic E-state index is 0.332. The highest BCUT2D eigenvalue weighted by Gasteiger charge is 2.61. The lowest BCUT2D eigenvalue weighted by molar-refractivity contribution is -0.139. The van der Waals surface area contributed by atoms with Crippen molar-refractivity contribution in [3.8, 4) is 0 Å². The molecule has 0 aromatic carbocycles. The Labute approximate surface area is 147 Å². The normalized spacial score (nSPS) is 52.8. The smallest absolute Gasteiger partial charge is 0.133 e. The molecule has 0 amide bonds. The van der Waals surface area contributed by atoms with E-state index in [-0.39, 0.29) is 0 Å². The van der Waals surface area contributed by atoms with Gasteiger partial charge in [0.25, 0.3) is 0 Å². The van der Waals surface area contributed by atoms with Gasteiger partial charge in [0, 0.05) is 37.1 Å². The zero-order chi connectivity index (χ0) is 17.1. The Hall–Kier alpha value is -0.700. The van der Waals surface area contributed by atoms with Gasteiger partial charge in [-0.1, -0.05) is 13.8 Å². The molecule has 0 aromatic rings. The first-order chi connectivity index (χ1) is 11.4. The van der Waals surface area contributed by atoms with Gasteiger partial charge in [-0.05, 0) is 74.7 Å². The number of nitrogens with zero attached hydrogens (tertiary/aromatic N) is 1. The second kappa shape index (κ2) is 5.65. The van der Waals surface area contributed by atoms with E-state index in [2.05, 4.69) is 26.2 Å². The maximum atomic E-state index is 12.1. The number of ketones is 1. The lowest BCUT2D eigenvalue weighted by Gasteiger charge is -2.62. The molecule has 0 aromatic heterocycles. The zero-order valence-electron chi connectivity index (χ0n) is 15.9. The van der Waals surface area contributed by atoms with Crippen molar-refractivity contribution < 1.29 is 4.79 Å². The fourth-order valence-corrected chi connectivity index (χ4v) is 7.52. The molecule has 4 aliphatic carbocycles. The molecule has 0 aliphatic heterocycles. The summed E-state index contributed by atoms with van der Waals surface area (Å²) in [5.41, 5.74) is 2.20. The average Bonchev–Trinajstić information content (AvgIpc) is 2.91. The van der Waals surface area contributed by atoms with Crippen molar-refractivity contribution in [2.24, 2.45) is 39.5 Å². The fourth-order valence-electron chi connectivity index (χ4n) is 7.52. The van der Waals surface area contributed by atoms with Crippen LogP contribution in [0.3, 0.4) is 0 Å². The highest BCUT2D eigenvalue weighted by atomic mass is 16.1. The molecule has 4 rings (SSSR count). The molecule has 24 heavy (non-hydrogen) atoms. The summed E-state index contributed by atoms with van der Waals surface area (Å²) in [5, 5.41) is 3.68. The van der Waals surface area contributed by atoms with E-state index in [4.69, 9.17) is 4.99 Å². The van der Waals surface area contributed by atoms with Crippen LogP contribution in [0.25, 0.3) is 0 Å². The van der Waals surface area contributed by atoms with Gasteiger partial charge in [0.1, 0.15) is 5.78 Å².